The highest BCUT2D eigenvalue weighted by Gasteiger charge is 2.30. The summed E-state index contributed by atoms with van der Waals surface area (Å²) in [7, 11) is 1.79. The number of rotatable bonds is 6. The van der Waals surface area contributed by atoms with Gasteiger partial charge in [0.25, 0.3) is 5.91 Å². The van der Waals surface area contributed by atoms with Crippen LogP contribution in [0.1, 0.15) is 28.9 Å². The van der Waals surface area contributed by atoms with Gasteiger partial charge in [-0.25, -0.2) is 4.68 Å². The Kier molecular flexibility index (Phi) is 5.50. The van der Waals surface area contributed by atoms with Crippen LogP contribution in [-0.2, 0) is 22.6 Å². The van der Waals surface area contributed by atoms with Crippen molar-refractivity contribution in [2.24, 2.45) is 5.16 Å². The van der Waals surface area contributed by atoms with E-state index in [4.69, 9.17) is 14.3 Å². The van der Waals surface area contributed by atoms with Gasteiger partial charge in [-0.05, 0) is 55.3 Å². The predicted molar refractivity (Wildman–Crippen MR) is 123 cm³/mol. The molecule has 0 fully saturated rings. The number of carbonyl (C=O) groups excluding carboxylic acids is 1. The molecule has 3 heterocycles. The third kappa shape index (κ3) is 4.41. The van der Waals surface area contributed by atoms with Crippen LogP contribution >= 0.6 is 0 Å². The molecule has 0 saturated carbocycles. The number of benzene rings is 2. The zero-order valence-corrected chi connectivity index (χ0v) is 18.9. The van der Waals surface area contributed by atoms with Crippen LogP contribution in [0.3, 0.4) is 0 Å². The van der Waals surface area contributed by atoms with Gasteiger partial charge in [0.15, 0.2) is 11.5 Å². The Morgan fingerprint density at radius 3 is 2.76 bits per heavy atom. The van der Waals surface area contributed by atoms with Gasteiger partial charge in [0.05, 0.1) is 17.1 Å². The molecule has 3 aromatic rings. The predicted octanol–water partition coefficient (Wildman–Crippen LogP) is 3.56. The van der Waals surface area contributed by atoms with Crippen LogP contribution in [0.15, 0.2) is 53.7 Å². The van der Waals surface area contributed by atoms with Crippen molar-refractivity contribution in [1.82, 2.24) is 14.7 Å². The smallest absolute Gasteiger partial charge is 0.266 e. The molecule has 0 spiro atoms. The van der Waals surface area contributed by atoms with E-state index in [1.807, 2.05) is 61.0 Å². The zero-order chi connectivity index (χ0) is 22.9. The minimum atomic E-state index is -0.599. The maximum Gasteiger partial charge on any atom is 0.266 e. The van der Waals surface area contributed by atoms with Crippen LogP contribution in [0.5, 0.6) is 11.5 Å². The average molecular weight is 447 g/mol. The van der Waals surface area contributed by atoms with Gasteiger partial charge in [-0.15, -0.1) is 0 Å². The molecule has 0 unspecified atom stereocenters. The van der Waals surface area contributed by atoms with Crippen LogP contribution < -0.4 is 9.47 Å². The lowest BCUT2D eigenvalue weighted by molar-refractivity contribution is -0.141. The number of likely N-dealkylation sites (N-methyl/N-ethyl adjacent to an activating group) is 1. The summed E-state index contributed by atoms with van der Waals surface area (Å²) in [4.78, 5) is 20.2. The normalized spacial score (nSPS) is 16.5. The molecule has 33 heavy (non-hydrogen) atoms. The highest BCUT2D eigenvalue weighted by Crippen LogP contribution is 2.33. The van der Waals surface area contributed by atoms with Crippen molar-refractivity contribution < 1.29 is 19.1 Å². The molecule has 8 heteroatoms. The lowest BCUT2D eigenvalue weighted by Gasteiger charge is -2.20. The molecule has 1 atom stereocenters. The maximum absolute atomic E-state index is 13.0. The average Bonchev–Trinajstić information content (AvgIpc) is 3.53. The van der Waals surface area contributed by atoms with Gasteiger partial charge < -0.3 is 19.2 Å². The summed E-state index contributed by atoms with van der Waals surface area (Å²) in [5.41, 5.74) is 5.93. The summed E-state index contributed by atoms with van der Waals surface area (Å²) in [6.07, 6.45) is 0.483. The van der Waals surface area contributed by atoms with E-state index in [1.165, 1.54) is 0 Å². The molecule has 1 amide bonds. The molecule has 0 saturated heterocycles. The van der Waals surface area contributed by atoms with E-state index < -0.39 is 6.10 Å². The van der Waals surface area contributed by atoms with Crippen LogP contribution in [0.4, 0.5) is 0 Å². The fourth-order valence-electron chi connectivity index (χ4n) is 4.22. The second kappa shape index (κ2) is 8.61. The van der Waals surface area contributed by atoms with Crippen molar-refractivity contribution in [2.75, 3.05) is 13.8 Å². The van der Waals surface area contributed by atoms with Crippen LogP contribution in [0.25, 0.3) is 5.69 Å². The summed E-state index contributed by atoms with van der Waals surface area (Å²) in [5, 5.41) is 8.71. The Balaban J connectivity index is 1.19. The van der Waals surface area contributed by atoms with E-state index in [0.717, 1.165) is 45.4 Å². The molecule has 0 N–H and O–H groups in total. The summed E-state index contributed by atoms with van der Waals surface area (Å²) in [5.74, 6) is 1.40. The Bertz CT molecular complexity index is 1230. The van der Waals surface area contributed by atoms with Crippen LogP contribution in [0, 0.1) is 13.8 Å². The molecule has 2 aromatic carbocycles. The molecular weight excluding hydrogens is 420 g/mol. The summed E-state index contributed by atoms with van der Waals surface area (Å²) >= 11 is 0. The Morgan fingerprint density at radius 1 is 1.09 bits per heavy atom. The van der Waals surface area contributed by atoms with E-state index in [-0.39, 0.29) is 12.7 Å². The molecular formula is C25H26N4O4. The van der Waals surface area contributed by atoms with Gasteiger partial charge in [-0.2, -0.15) is 5.10 Å². The van der Waals surface area contributed by atoms with Crippen LogP contribution in [0.2, 0.25) is 0 Å². The topological polar surface area (TPSA) is 78.2 Å². The highest BCUT2D eigenvalue weighted by atomic mass is 16.7. The van der Waals surface area contributed by atoms with Crippen molar-refractivity contribution in [3.05, 3.63) is 71.0 Å². The number of fused-ring (bicyclic) bond motifs is 1. The number of aromatic nitrogens is 2. The van der Waals surface area contributed by atoms with Gasteiger partial charge in [-0.3, -0.25) is 4.79 Å². The number of amides is 1. The van der Waals surface area contributed by atoms with Gasteiger partial charge in [0, 0.05) is 32.1 Å². The molecule has 0 aliphatic carbocycles. The van der Waals surface area contributed by atoms with Crippen molar-refractivity contribution in [3.8, 4) is 17.2 Å². The summed E-state index contributed by atoms with van der Waals surface area (Å²) in [6.45, 7) is 4.73. The van der Waals surface area contributed by atoms with E-state index in [2.05, 4.69) is 16.3 Å². The van der Waals surface area contributed by atoms with Crippen molar-refractivity contribution in [2.45, 2.75) is 39.3 Å². The van der Waals surface area contributed by atoms with Gasteiger partial charge in [0.1, 0.15) is 0 Å². The van der Waals surface area contributed by atoms with Crippen molar-refractivity contribution >= 4 is 11.6 Å². The molecule has 8 nitrogen and oxygen atoms in total. The lowest BCUT2D eigenvalue weighted by Crippen LogP contribution is -2.36. The minimum absolute atomic E-state index is 0.0871. The van der Waals surface area contributed by atoms with Gasteiger partial charge in [-0.1, -0.05) is 23.4 Å². The fraction of sp³-hybridized carbons (Fsp3) is 0.320. The molecule has 1 aromatic heterocycles. The number of oxime groups is 1. The minimum Gasteiger partial charge on any atom is -0.454 e. The molecule has 2 aliphatic heterocycles. The Hall–Kier alpha value is -3.81. The third-order valence-corrected chi connectivity index (χ3v) is 5.81. The number of hydrogen-bond acceptors (Lipinski definition) is 6. The van der Waals surface area contributed by atoms with Crippen molar-refractivity contribution in [3.63, 3.8) is 0 Å². The monoisotopic (exact) mass is 446 g/mol. The second-order valence-electron chi connectivity index (χ2n) is 8.52. The number of carbonyl (C=O) groups is 1. The van der Waals surface area contributed by atoms with Crippen molar-refractivity contribution in [1.29, 1.82) is 0 Å². The Morgan fingerprint density at radius 2 is 1.94 bits per heavy atom. The maximum atomic E-state index is 13.0. The first kappa shape index (κ1) is 21.1. The SMILES string of the molecule is Cc1cc(C)n(-c2cccc(CN(C)C(=O)[C@H]3CC(Cc4ccc5c(c4)OCO5)=NO3)c2)n1. The Labute approximate surface area is 192 Å². The fourth-order valence-corrected chi connectivity index (χ4v) is 4.22. The molecule has 5 rings (SSSR count). The largest absolute Gasteiger partial charge is 0.454 e. The second-order valence-corrected chi connectivity index (χ2v) is 8.52. The first-order chi connectivity index (χ1) is 16.0. The van der Waals surface area contributed by atoms with Gasteiger partial charge >= 0.3 is 0 Å². The first-order valence-electron chi connectivity index (χ1n) is 10.9. The first-order valence-corrected chi connectivity index (χ1v) is 10.9. The highest BCUT2D eigenvalue weighted by molar-refractivity contribution is 5.94. The number of ether oxygens (including phenoxy) is 2. The standard InChI is InChI=1S/C25H26N4O4/c1-16-9-17(2)29(26-16)21-6-4-5-19(11-21)14-28(3)25(30)24-13-20(27-33-24)10-18-7-8-22-23(12-18)32-15-31-22/h4-9,11-12,24H,10,13-15H2,1-3H3/t24-/m1/s1. The van der Waals surface area contributed by atoms with E-state index >= 15 is 0 Å². The molecule has 0 radical (unpaired) electrons. The van der Waals surface area contributed by atoms with E-state index in [1.54, 1.807) is 11.9 Å². The number of hydrogen-bond donors (Lipinski definition) is 0. The third-order valence-electron chi connectivity index (χ3n) is 5.81. The van der Waals surface area contributed by atoms with Gasteiger partial charge in [0.2, 0.25) is 12.9 Å². The number of nitrogens with zero attached hydrogens (tertiary/aromatic N) is 4. The molecule has 2 aliphatic rings. The van der Waals surface area contributed by atoms with E-state index in [0.29, 0.717) is 19.4 Å². The van der Waals surface area contributed by atoms with E-state index in [9.17, 15) is 4.79 Å². The summed E-state index contributed by atoms with van der Waals surface area (Å²) in [6, 6.07) is 15.9. The van der Waals surface area contributed by atoms with Crippen LogP contribution in [-0.4, -0.2) is 46.2 Å². The lowest BCUT2D eigenvalue weighted by atomic mass is 10.0. The molecule has 170 valence electrons. The quantitative estimate of drug-likeness (QED) is 0.579. The zero-order valence-electron chi connectivity index (χ0n) is 18.9. The number of aryl methyl sites for hydroxylation is 2. The summed E-state index contributed by atoms with van der Waals surface area (Å²) < 4.78 is 12.7. The molecule has 0 bridgehead atoms.